The van der Waals surface area contributed by atoms with Crippen LogP contribution in [-0.2, 0) is 32.7 Å². The van der Waals surface area contributed by atoms with Crippen LogP contribution in [0.3, 0.4) is 0 Å². The van der Waals surface area contributed by atoms with Gasteiger partial charge in [0.25, 0.3) is 7.82 Å². The molecule has 0 spiro atoms. The van der Waals surface area contributed by atoms with Crippen LogP contribution in [0.4, 0.5) is 0 Å². The number of esters is 2. The number of carbonyl (C=O) groups excluding carboxylic acids is 2. The van der Waals surface area contributed by atoms with Gasteiger partial charge in [0.05, 0.1) is 27.7 Å². The van der Waals surface area contributed by atoms with Crippen LogP contribution in [0.25, 0.3) is 0 Å². The van der Waals surface area contributed by atoms with Crippen LogP contribution in [0.15, 0.2) is 122 Å². The number of hydrogen-bond donors (Lipinski definition) is 0. The first kappa shape index (κ1) is 79.4. The minimum absolute atomic E-state index is 0.0409. The highest BCUT2D eigenvalue weighted by Gasteiger charge is 2.22. The molecule has 9 nitrogen and oxygen atoms in total. The van der Waals surface area contributed by atoms with Crippen molar-refractivity contribution in [1.82, 2.24) is 0 Å². The number of nitrogens with zero attached hydrogens (tertiary/aromatic N) is 1. The molecule has 2 atom stereocenters. The van der Waals surface area contributed by atoms with E-state index < -0.39 is 26.5 Å². The fraction of sp³-hybridized carbons (Fsp3) is 0.699. The van der Waals surface area contributed by atoms with Crippen LogP contribution >= 0.6 is 7.82 Å². The number of phosphoric ester groups is 1. The summed E-state index contributed by atoms with van der Waals surface area (Å²) in [5.74, 6) is -0.860. The van der Waals surface area contributed by atoms with Crippen LogP contribution in [0.1, 0.15) is 277 Å². The molecular formula is C73H126NO8P. The zero-order valence-electron chi connectivity index (χ0n) is 54.1. The summed E-state index contributed by atoms with van der Waals surface area (Å²) in [5.41, 5.74) is 0. The second-order valence-corrected chi connectivity index (χ2v) is 24.9. The number of hydrogen-bond acceptors (Lipinski definition) is 8. The molecule has 0 fully saturated rings. The zero-order chi connectivity index (χ0) is 60.5. The summed E-state index contributed by atoms with van der Waals surface area (Å²) < 4.78 is 34.2. The molecule has 0 amide bonds. The summed E-state index contributed by atoms with van der Waals surface area (Å²) in [6.07, 6.45) is 89.8. The fourth-order valence-electron chi connectivity index (χ4n) is 9.10. The number of quaternary nitrogens is 1. The van der Waals surface area contributed by atoms with E-state index in [1.54, 1.807) is 0 Å². The molecule has 0 radical (unpaired) electrons. The molecular weight excluding hydrogens is 1050 g/mol. The summed E-state index contributed by atoms with van der Waals surface area (Å²) in [4.78, 5) is 38.0. The van der Waals surface area contributed by atoms with Crippen LogP contribution in [-0.4, -0.2) is 70.0 Å². The molecule has 0 N–H and O–H groups in total. The van der Waals surface area contributed by atoms with Crippen molar-refractivity contribution in [1.29, 1.82) is 0 Å². The SMILES string of the molecule is CC/C=C\C/C=C\C/C=C\C/C=C\C/C=C\C/C=C\C/C=C\C/C=C\C/C=C\C/C=C\CCCCCCC(=O)OC(COC(=O)CCCCCCCCCCCCCCCCCCCCCCCCCC)COP(=O)([O-])OCC[N+](C)(C)C. The number of phosphoric acid groups is 1. The molecule has 0 aromatic heterocycles. The van der Waals surface area contributed by atoms with Gasteiger partial charge in [-0.05, 0) is 89.9 Å². The molecule has 0 saturated heterocycles. The summed E-state index contributed by atoms with van der Waals surface area (Å²) in [5, 5.41) is 0. The number of carbonyl (C=O) groups is 2. The summed E-state index contributed by atoms with van der Waals surface area (Å²) >= 11 is 0. The maximum Gasteiger partial charge on any atom is 0.306 e. The molecule has 2 unspecified atom stereocenters. The number of likely N-dealkylation sites (N-methyl/N-ethyl adjacent to an activating group) is 1. The molecule has 0 aliphatic heterocycles. The van der Waals surface area contributed by atoms with Crippen molar-refractivity contribution in [3.05, 3.63) is 122 Å². The molecule has 0 aliphatic carbocycles. The van der Waals surface area contributed by atoms with Crippen molar-refractivity contribution in [2.45, 2.75) is 283 Å². The van der Waals surface area contributed by atoms with E-state index in [0.29, 0.717) is 17.4 Å². The van der Waals surface area contributed by atoms with Gasteiger partial charge < -0.3 is 27.9 Å². The molecule has 10 heteroatoms. The van der Waals surface area contributed by atoms with Crippen molar-refractivity contribution in [3.63, 3.8) is 0 Å². The monoisotopic (exact) mass is 1180 g/mol. The Morgan fingerprint density at radius 2 is 0.687 bits per heavy atom. The van der Waals surface area contributed by atoms with Crippen LogP contribution in [0, 0.1) is 0 Å². The Balaban J connectivity index is 4.18. The fourth-order valence-corrected chi connectivity index (χ4v) is 9.83. The summed E-state index contributed by atoms with van der Waals surface area (Å²) in [6, 6.07) is 0. The van der Waals surface area contributed by atoms with Gasteiger partial charge in [-0.15, -0.1) is 0 Å². The average Bonchev–Trinajstić information content (AvgIpc) is 3.49. The van der Waals surface area contributed by atoms with Crippen LogP contribution in [0.2, 0.25) is 0 Å². The van der Waals surface area contributed by atoms with E-state index in [9.17, 15) is 19.0 Å². The third-order valence-electron chi connectivity index (χ3n) is 14.2. The Morgan fingerprint density at radius 3 is 1.02 bits per heavy atom. The van der Waals surface area contributed by atoms with Crippen molar-refractivity contribution >= 4 is 19.8 Å². The second-order valence-electron chi connectivity index (χ2n) is 23.5. The molecule has 0 rings (SSSR count). The summed E-state index contributed by atoms with van der Waals surface area (Å²) in [6.45, 7) is 4.12. The van der Waals surface area contributed by atoms with Gasteiger partial charge in [-0.2, -0.15) is 0 Å². The van der Waals surface area contributed by atoms with E-state index in [-0.39, 0.29) is 32.0 Å². The molecule has 0 bridgehead atoms. The highest BCUT2D eigenvalue weighted by atomic mass is 31.2. The first-order valence-electron chi connectivity index (χ1n) is 33.7. The van der Waals surface area contributed by atoms with Gasteiger partial charge in [0.15, 0.2) is 6.10 Å². The zero-order valence-corrected chi connectivity index (χ0v) is 55.0. The van der Waals surface area contributed by atoms with Gasteiger partial charge >= 0.3 is 11.9 Å². The normalized spacial score (nSPS) is 14.0. The Kier molecular flexibility index (Phi) is 60.2. The Morgan fingerprint density at radius 1 is 0.386 bits per heavy atom. The second kappa shape index (κ2) is 62.9. The standard InChI is InChI=1S/C73H126NO8P/c1-6-8-10-12-14-16-18-20-22-24-26-28-30-32-33-34-35-36-37-38-39-40-41-42-44-46-48-50-52-54-56-58-60-62-64-66-73(76)82-71(70-81-83(77,78)80-68-67-74(3,4)5)69-79-72(75)65-63-61-59-57-55-53-51-49-47-45-43-31-29-27-25-23-21-19-17-15-13-11-9-7-2/h8,10,14,16,20,22,26,28,32-33,35-36,38-39,41-42,46,48,52,54,71H,6-7,9,11-13,15,17-19,21,23-25,27,29-31,34,37,40,43-45,47,49-51,53,55-70H2,1-5H3/b10-8-,16-14-,22-20-,28-26-,33-32-,36-35-,39-38-,42-41-,48-46-,54-52-. The molecule has 0 aromatic rings. The number of unbranched alkanes of at least 4 members (excludes halogenated alkanes) is 27. The molecule has 0 heterocycles. The van der Waals surface area contributed by atoms with Gasteiger partial charge in [0.2, 0.25) is 0 Å². The lowest BCUT2D eigenvalue weighted by Crippen LogP contribution is -2.37. The lowest BCUT2D eigenvalue weighted by molar-refractivity contribution is -0.870. The molecule has 0 aliphatic rings. The quantitative estimate of drug-likeness (QED) is 0.0195. The lowest BCUT2D eigenvalue weighted by Gasteiger charge is -2.28. The van der Waals surface area contributed by atoms with Crippen LogP contribution < -0.4 is 4.89 Å². The predicted octanol–water partition coefficient (Wildman–Crippen LogP) is 21.2. The largest absolute Gasteiger partial charge is 0.756 e. The van der Waals surface area contributed by atoms with E-state index in [1.165, 1.54) is 135 Å². The van der Waals surface area contributed by atoms with Gasteiger partial charge in [-0.3, -0.25) is 14.2 Å². The van der Waals surface area contributed by atoms with Gasteiger partial charge in [0.1, 0.15) is 19.8 Å². The number of ether oxygens (including phenoxy) is 2. The topological polar surface area (TPSA) is 111 Å². The van der Waals surface area contributed by atoms with Crippen molar-refractivity contribution < 1.29 is 42.1 Å². The molecule has 0 saturated carbocycles. The van der Waals surface area contributed by atoms with Gasteiger partial charge in [-0.25, -0.2) is 0 Å². The van der Waals surface area contributed by atoms with E-state index in [0.717, 1.165) is 109 Å². The van der Waals surface area contributed by atoms with E-state index >= 15 is 0 Å². The van der Waals surface area contributed by atoms with Gasteiger partial charge in [-0.1, -0.05) is 296 Å². The minimum Gasteiger partial charge on any atom is -0.756 e. The van der Waals surface area contributed by atoms with Crippen molar-refractivity contribution in [2.75, 3.05) is 47.5 Å². The minimum atomic E-state index is -4.65. The first-order chi connectivity index (χ1) is 40.5. The maximum atomic E-state index is 12.8. The van der Waals surface area contributed by atoms with Crippen LogP contribution in [0.5, 0.6) is 0 Å². The third-order valence-corrected chi connectivity index (χ3v) is 15.2. The van der Waals surface area contributed by atoms with E-state index in [2.05, 4.69) is 135 Å². The van der Waals surface area contributed by atoms with Crippen molar-refractivity contribution in [3.8, 4) is 0 Å². The third kappa shape index (κ3) is 67.4. The first-order valence-corrected chi connectivity index (χ1v) is 35.2. The molecule has 476 valence electrons. The highest BCUT2D eigenvalue weighted by Crippen LogP contribution is 2.38. The highest BCUT2D eigenvalue weighted by molar-refractivity contribution is 7.45. The van der Waals surface area contributed by atoms with E-state index in [4.69, 9.17) is 18.5 Å². The van der Waals surface area contributed by atoms with E-state index in [1.807, 2.05) is 21.1 Å². The summed E-state index contributed by atoms with van der Waals surface area (Å²) in [7, 11) is 1.14. The Hall–Kier alpha value is -3.59. The molecule has 0 aromatic carbocycles. The number of allylic oxidation sites excluding steroid dienone is 20. The van der Waals surface area contributed by atoms with Crippen molar-refractivity contribution in [2.24, 2.45) is 0 Å². The number of rotatable bonds is 61. The smallest absolute Gasteiger partial charge is 0.306 e. The Labute approximate surface area is 511 Å². The van der Waals surface area contributed by atoms with Gasteiger partial charge in [0, 0.05) is 12.8 Å². The lowest BCUT2D eigenvalue weighted by atomic mass is 10.0. The predicted molar refractivity (Wildman–Crippen MR) is 355 cm³/mol. The molecule has 83 heavy (non-hydrogen) atoms. The Bertz CT molecular complexity index is 1820. The maximum absolute atomic E-state index is 12.8. The average molecular weight is 1180 g/mol.